The van der Waals surface area contributed by atoms with Crippen LogP contribution in [0.5, 0.6) is 0 Å². The summed E-state index contributed by atoms with van der Waals surface area (Å²) >= 11 is 0. The van der Waals surface area contributed by atoms with Crippen LogP contribution in [0.4, 0.5) is 0 Å². The van der Waals surface area contributed by atoms with Crippen molar-refractivity contribution < 1.29 is 0 Å². The molecular formula is C12H24ClN3. The molecule has 1 aromatic rings. The van der Waals surface area contributed by atoms with Gasteiger partial charge in [0.2, 0.25) is 0 Å². The topological polar surface area (TPSA) is 21.1 Å². The monoisotopic (exact) mass is 245 g/mol. The molecule has 0 fully saturated rings. The van der Waals surface area contributed by atoms with Crippen LogP contribution >= 0.6 is 12.4 Å². The number of imidazole rings is 1. The van der Waals surface area contributed by atoms with Crippen LogP contribution in [0.3, 0.4) is 0 Å². The van der Waals surface area contributed by atoms with E-state index in [4.69, 9.17) is 0 Å². The van der Waals surface area contributed by atoms with E-state index in [0.717, 1.165) is 0 Å². The van der Waals surface area contributed by atoms with Crippen molar-refractivity contribution in [1.29, 1.82) is 0 Å². The van der Waals surface area contributed by atoms with Gasteiger partial charge in [-0.05, 0) is 26.9 Å². The fraction of sp³-hybridized carbons (Fsp3) is 0.750. The first-order valence-electron chi connectivity index (χ1n) is 5.84. The lowest BCUT2D eigenvalue weighted by molar-refractivity contribution is 0.195. The average Bonchev–Trinajstić information content (AvgIpc) is 2.69. The zero-order chi connectivity index (χ0) is 11.3. The van der Waals surface area contributed by atoms with Crippen molar-refractivity contribution in [3.8, 4) is 0 Å². The third-order valence-corrected chi connectivity index (χ3v) is 3.02. The fourth-order valence-corrected chi connectivity index (χ4v) is 2.28. The Bertz CT molecular complexity index is 259. The summed E-state index contributed by atoms with van der Waals surface area (Å²) in [4.78, 5) is 6.47. The minimum atomic E-state index is 0. The maximum atomic E-state index is 4.15. The smallest absolute Gasteiger partial charge is 0.0949 e. The van der Waals surface area contributed by atoms with Crippen molar-refractivity contribution in [2.45, 2.75) is 45.2 Å². The van der Waals surface area contributed by atoms with Crippen molar-refractivity contribution in [2.75, 3.05) is 14.1 Å². The Morgan fingerprint density at radius 2 is 2.00 bits per heavy atom. The largest absolute Gasteiger partial charge is 0.333 e. The quantitative estimate of drug-likeness (QED) is 0.768. The Labute approximate surface area is 105 Å². The second kappa shape index (κ2) is 7.69. The molecule has 2 atom stereocenters. The molecule has 0 aromatic carbocycles. The molecule has 1 aromatic heterocycles. The highest BCUT2D eigenvalue weighted by Gasteiger charge is 2.22. The number of aromatic nitrogens is 2. The highest BCUT2D eigenvalue weighted by molar-refractivity contribution is 5.85. The van der Waals surface area contributed by atoms with Crippen molar-refractivity contribution >= 4 is 12.4 Å². The molecule has 16 heavy (non-hydrogen) atoms. The summed E-state index contributed by atoms with van der Waals surface area (Å²) < 4.78 is 2.25. The van der Waals surface area contributed by atoms with Gasteiger partial charge in [-0.3, -0.25) is 0 Å². The van der Waals surface area contributed by atoms with Crippen LogP contribution in [0.1, 0.15) is 39.2 Å². The molecule has 0 aliphatic heterocycles. The summed E-state index contributed by atoms with van der Waals surface area (Å²) in [5.74, 6) is 0. The Kier molecular flexibility index (Phi) is 7.43. The van der Waals surface area contributed by atoms with Crippen LogP contribution in [0, 0.1) is 0 Å². The van der Waals surface area contributed by atoms with Gasteiger partial charge in [0.25, 0.3) is 0 Å². The molecule has 0 amide bonds. The van der Waals surface area contributed by atoms with Gasteiger partial charge < -0.3 is 9.47 Å². The SMILES string of the molecule is CCCC(C(CC)N(C)C)n1ccnc1.Cl. The van der Waals surface area contributed by atoms with Gasteiger partial charge in [-0.25, -0.2) is 4.98 Å². The summed E-state index contributed by atoms with van der Waals surface area (Å²) in [6.45, 7) is 4.50. The van der Waals surface area contributed by atoms with E-state index >= 15 is 0 Å². The van der Waals surface area contributed by atoms with Gasteiger partial charge >= 0.3 is 0 Å². The van der Waals surface area contributed by atoms with E-state index in [1.807, 2.05) is 12.5 Å². The number of hydrogen-bond acceptors (Lipinski definition) is 2. The van der Waals surface area contributed by atoms with Crippen LogP contribution in [0.15, 0.2) is 18.7 Å². The fourth-order valence-electron chi connectivity index (χ4n) is 2.28. The van der Waals surface area contributed by atoms with E-state index in [9.17, 15) is 0 Å². The molecular weight excluding hydrogens is 222 g/mol. The molecule has 4 heteroatoms. The van der Waals surface area contributed by atoms with E-state index in [2.05, 4.69) is 48.6 Å². The first-order valence-corrected chi connectivity index (χ1v) is 5.84. The number of rotatable bonds is 6. The minimum absolute atomic E-state index is 0. The van der Waals surface area contributed by atoms with Gasteiger partial charge in [0.05, 0.1) is 12.4 Å². The van der Waals surface area contributed by atoms with E-state index in [1.165, 1.54) is 19.3 Å². The van der Waals surface area contributed by atoms with Crippen molar-refractivity contribution in [2.24, 2.45) is 0 Å². The molecule has 3 nitrogen and oxygen atoms in total. The number of hydrogen-bond donors (Lipinski definition) is 0. The van der Waals surface area contributed by atoms with Gasteiger partial charge in [0.1, 0.15) is 0 Å². The Balaban J connectivity index is 0.00000225. The molecule has 0 aliphatic carbocycles. The summed E-state index contributed by atoms with van der Waals surface area (Å²) in [5, 5.41) is 0. The van der Waals surface area contributed by atoms with Crippen LogP contribution in [-0.4, -0.2) is 34.6 Å². The van der Waals surface area contributed by atoms with Gasteiger partial charge in [0, 0.05) is 18.4 Å². The lowest BCUT2D eigenvalue weighted by Crippen LogP contribution is -2.36. The van der Waals surface area contributed by atoms with Gasteiger partial charge in [-0.15, -0.1) is 12.4 Å². The third kappa shape index (κ3) is 3.80. The molecule has 0 bridgehead atoms. The maximum absolute atomic E-state index is 4.15. The minimum Gasteiger partial charge on any atom is -0.333 e. The Morgan fingerprint density at radius 3 is 2.38 bits per heavy atom. The van der Waals surface area contributed by atoms with Crippen molar-refractivity contribution in [1.82, 2.24) is 14.5 Å². The van der Waals surface area contributed by atoms with Crippen LogP contribution < -0.4 is 0 Å². The molecule has 0 N–H and O–H groups in total. The standard InChI is InChI=1S/C12H23N3.ClH/c1-5-7-12(11(6-2)14(3)4)15-9-8-13-10-15;/h8-12H,5-7H2,1-4H3;1H. The third-order valence-electron chi connectivity index (χ3n) is 3.02. The molecule has 0 spiro atoms. The van der Waals surface area contributed by atoms with Crippen molar-refractivity contribution in [3.05, 3.63) is 18.7 Å². The first-order chi connectivity index (χ1) is 7.20. The van der Waals surface area contributed by atoms with Gasteiger partial charge in [-0.1, -0.05) is 20.3 Å². The zero-order valence-corrected chi connectivity index (χ0v) is 11.6. The molecule has 94 valence electrons. The summed E-state index contributed by atoms with van der Waals surface area (Å²) in [6.07, 6.45) is 9.49. The second-order valence-electron chi connectivity index (χ2n) is 4.31. The average molecular weight is 246 g/mol. The second-order valence-corrected chi connectivity index (χ2v) is 4.31. The van der Waals surface area contributed by atoms with Crippen molar-refractivity contribution in [3.63, 3.8) is 0 Å². The van der Waals surface area contributed by atoms with E-state index in [-0.39, 0.29) is 12.4 Å². The lowest BCUT2D eigenvalue weighted by Gasteiger charge is -2.32. The van der Waals surface area contributed by atoms with E-state index < -0.39 is 0 Å². The highest BCUT2D eigenvalue weighted by atomic mass is 35.5. The molecule has 0 saturated heterocycles. The van der Waals surface area contributed by atoms with E-state index in [1.54, 1.807) is 0 Å². The van der Waals surface area contributed by atoms with Crippen LogP contribution in [0.2, 0.25) is 0 Å². The molecule has 0 radical (unpaired) electrons. The van der Waals surface area contributed by atoms with Gasteiger partial charge in [-0.2, -0.15) is 0 Å². The molecule has 1 heterocycles. The summed E-state index contributed by atoms with van der Waals surface area (Å²) in [5.41, 5.74) is 0. The summed E-state index contributed by atoms with van der Waals surface area (Å²) in [6, 6.07) is 1.15. The maximum Gasteiger partial charge on any atom is 0.0949 e. The van der Waals surface area contributed by atoms with Crippen LogP contribution in [-0.2, 0) is 0 Å². The molecule has 0 aliphatic rings. The number of nitrogens with zero attached hydrogens (tertiary/aromatic N) is 3. The van der Waals surface area contributed by atoms with Gasteiger partial charge in [0.15, 0.2) is 0 Å². The van der Waals surface area contributed by atoms with E-state index in [0.29, 0.717) is 12.1 Å². The molecule has 0 saturated carbocycles. The highest BCUT2D eigenvalue weighted by Crippen LogP contribution is 2.23. The number of halogens is 1. The predicted molar refractivity (Wildman–Crippen MR) is 71.2 cm³/mol. The first kappa shape index (κ1) is 15.5. The van der Waals surface area contributed by atoms with Crippen LogP contribution in [0.25, 0.3) is 0 Å². The molecule has 2 unspecified atom stereocenters. The number of likely N-dealkylation sites (N-methyl/N-ethyl adjacent to an activating group) is 1. The lowest BCUT2D eigenvalue weighted by atomic mass is 10.00. The Hall–Kier alpha value is -0.540. The Morgan fingerprint density at radius 1 is 1.31 bits per heavy atom. The predicted octanol–water partition coefficient (Wildman–Crippen LogP) is 2.99. The summed E-state index contributed by atoms with van der Waals surface area (Å²) in [7, 11) is 4.32. The molecule has 1 rings (SSSR count). The zero-order valence-electron chi connectivity index (χ0n) is 10.8. The normalized spacial score (nSPS) is 14.6.